The van der Waals surface area contributed by atoms with Gasteiger partial charge in [-0.25, -0.2) is 0 Å². The van der Waals surface area contributed by atoms with Crippen LogP contribution in [0.25, 0.3) is 0 Å². The molecule has 0 aliphatic carbocycles. The topological polar surface area (TPSA) is 42.8 Å². The zero-order chi connectivity index (χ0) is 19.5. The normalized spacial score (nSPS) is 26.5. The van der Waals surface area contributed by atoms with E-state index in [0.717, 1.165) is 25.1 Å². The van der Waals surface area contributed by atoms with Crippen molar-refractivity contribution in [2.24, 2.45) is 0 Å². The molecule has 0 radical (unpaired) electrons. The molecule has 2 bridgehead atoms. The number of aryl methyl sites for hydroxylation is 1. The van der Waals surface area contributed by atoms with Gasteiger partial charge in [-0.3, -0.25) is 4.79 Å². The van der Waals surface area contributed by atoms with Gasteiger partial charge in [-0.1, -0.05) is 35.9 Å². The van der Waals surface area contributed by atoms with Gasteiger partial charge in [0.2, 0.25) is 0 Å². The van der Waals surface area contributed by atoms with Crippen molar-refractivity contribution in [1.82, 2.24) is 5.32 Å². The monoisotopic (exact) mass is 379 g/mol. The van der Waals surface area contributed by atoms with Crippen LogP contribution in [0.5, 0.6) is 5.75 Å². The Morgan fingerprint density at radius 1 is 1.11 bits per heavy atom. The maximum atomic E-state index is 12.7. The molecule has 2 N–H and O–H groups in total. The third kappa shape index (κ3) is 4.22. The zero-order valence-electron chi connectivity index (χ0n) is 16.9. The highest BCUT2D eigenvalue weighted by atomic mass is 16.5. The number of amides is 1. The van der Waals surface area contributed by atoms with E-state index in [0.29, 0.717) is 17.6 Å². The second kappa shape index (κ2) is 8.36. The van der Waals surface area contributed by atoms with E-state index >= 15 is 0 Å². The van der Waals surface area contributed by atoms with Crippen LogP contribution in [0, 0.1) is 6.92 Å². The predicted octanol–water partition coefficient (Wildman–Crippen LogP) is 2.90. The van der Waals surface area contributed by atoms with Gasteiger partial charge in [0.1, 0.15) is 12.3 Å². The minimum Gasteiger partial charge on any atom is -0.497 e. The number of quaternary nitrogens is 1. The lowest BCUT2D eigenvalue weighted by Gasteiger charge is -2.46. The summed E-state index contributed by atoms with van der Waals surface area (Å²) in [7, 11) is 1.63. The predicted molar refractivity (Wildman–Crippen MR) is 111 cm³/mol. The Labute approximate surface area is 167 Å². The van der Waals surface area contributed by atoms with Gasteiger partial charge in [-0.05, 0) is 44.4 Å². The van der Waals surface area contributed by atoms with Crippen LogP contribution in [-0.2, 0) is 6.54 Å². The Morgan fingerprint density at radius 3 is 2.50 bits per heavy atom. The highest BCUT2D eigenvalue weighted by Crippen LogP contribution is 2.23. The Morgan fingerprint density at radius 2 is 1.82 bits per heavy atom. The molecule has 4 heteroatoms. The van der Waals surface area contributed by atoms with Crippen LogP contribution < -0.4 is 15.0 Å². The van der Waals surface area contributed by atoms with Crippen molar-refractivity contribution < 1.29 is 14.4 Å². The van der Waals surface area contributed by atoms with Crippen LogP contribution in [0.15, 0.2) is 48.5 Å². The molecule has 2 fully saturated rings. The van der Waals surface area contributed by atoms with Crippen LogP contribution in [0.1, 0.15) is 53.6 Å². The van der Waals surface area contributed by atoms with Crippen LogP contribution in [-0.4, -0.2) is 31.1 Å². The van der Waals surface area contributed by atoms with Crippen LogP contribution in [0.3, 0.4) is 0 Å². The highest BCUT2D eigenvalue weighted by Gasteiger charge is 2.42. The number of carbonyl (C=O) groups excluding carboxylic acids is 1. The summed E-state index contributed by atoms with van der Waals surface area (Å²) in [6, 6.07) is 17.9. The number of nitrogens with one attached hydrogen (secondary N) is 2. The molecular formula is C24H31N2O2+. The second-order valence-electron chi connectivity index (χ2n) is 8.44. The van der Waals surface area contributed by atoms with E-state index < -0.39 is 0 Å². The van der Waals surface area contributed by atoms with Crippen molar-refractivity contribution in [1.29, 1.82) is 0 Å². The summed E-state index contributed by atoms with van der Waals surface area (Å²) in [6.07, 6.45) is 6.01. The zero-order valence-corrected chi connectivity index (χ0v) is 16.9. The van der Waals surface area contributed by atoms with E-state index in [2.05, 4.69) is 36.5 Å². The minimum atomic E-state index is 0.0176. The van der Waals surface area contributed by atoms with Crippen LogP contribution >= 0.6 is 0 Å². The lowest BCUT2D eigenvalue weighted by atomic mass is 9.81. The molecule has 4 atom stereocenters. The fraction of sp³-hybridized carbons (Fsp3) is 0.458. The molecule has 2 heterocycles. The fourth-order valence-corrected chi connectivity index (χ4v) is 5.02. The Hall–Kier alpha value is -2.33. The molecule has 2 aliphatic rings. The van der Waals surface area contributed by atoms with E-state index in [4.69, 9.17) is 4.74 Å². The molecule has 4 nitrogen and oxygen atoms in total. The van der Waals surface area contributed by atoms with Crippen molar-refractivity contribution in [3.8, 4) is 5.75 Å². The van der Waals surface area contributed by atoms with Gasteiger partial charge in [0.25, 0.3) is 5.91 Å². The molecule has 2 aliphatic heterocycles. The summed E-state index contributed by atoms with van der Waals surface area (Å²) >= 11 is 0. The fourth-order valence-electron chi connectivity index (χ4n) is 5.02. The van der Waals surface area contributed by atoms with Crippen molar-refractivity contribution in [2.75, 3.05) is 7.11 Å². The van der Waals surface area contributed by atoms with Gasteiger partial charge in [0.05, 0.1) is 19.2 Å². The molecule has 2 saturated heterocycles. The quantitative estimate of drug-likeness (QED) is 0.839. The number of rotatable bonds is 5. The van der Waals surface area contributed by atoms with E-state index in [9.17, 15) is 4.79 Å². The first-order valence-electron chi connectivity index (χ1n) is 10.5. The number of hydrogen-bond acceptors (Lipinski definition) is 2. The number of piperidine rings is 2. The van der Waals surface area contributed by atoms with Crippen molar-refractivity contribution in [3.05, 3.63) is 65.2 Å². The summed E-state index contributed by atoms with van der Waals surface area (Å²) < 4.78 is 5.25. The molecule has 28 heavy (non-hydrogen) atoms. The van der Waals surface area contributed by atoms with Gasteiger partial charge in [0, 0.05) is 30.0 Å². The third-order valence-electron chi connectivity index (χ3n) is 6.49. The summed E-state index contributed by atoms with van der Waals surface area (Å²) in [6.45, 7) is 3.24. The van der Waals surface area contributed by atoms with Gasteiger partial charge in [-0.2, -0.15) is 0 Å². The lowest BCUT2D eigenvalue weighted by Crippen LogP contribution is -3.20. The van der Waals surface area contributed by atoms with E-state index in [-0.39, 0.29) is 11.9 Å². The standard InChI is InChI=1S/C24H30N2O2/c1-17-9-11-18(12-10-17)16-26-21-6-4-7-22(26)15-20(14-21)25-24(27)19-5-3-8-23(13-19)28-2/h3,5,8-13,20-22H,4,6-7,14-16H2,1-2H3,(H,25,27)/p+1/t20?,21-,22+. The van der Waals surface area contributed by atoms with Crippen LogP contribution in [0.4, 0.5) is 0 Å². The first kappa shape index (κ1) is 19.0. The maximum Gasteiger partial charge on any atom is 0.251 e. The largest absolute Gasteiger partial charge is 0.497 e. The van der Waals surface area contributed by atoms with Gasteiger partial charge in [0.15, 0.2) is 0 Å². The number of ether oxygens (including phenoxy) is 1. The molecule has 2 aromatic carbocycles. The molecule has 0 spiro atoms. The van der Waals surface area contributed by atoms with Crippen molar-refractivity contribution in [2.45, 2.75) is 63.7 Å². The van der Waals surface area contributed by atoms with Crippen LogP contribution in [0.2, 0.25) is 0 Å². The minimum absolute atomic E-state index is 0.0176. The lowest BCUT2D eigenvalue weighted by molar-refractivity contribution is -0.973. The third-order valence-corrected chi connectivity index (χ3v) is 6.49. The Balaban J connectivity index is 1.41. The second-order valence-corrected chi connectivity index (χ2v) is 8.44. The average molecular weight is 380 g/mol. The van der Waals surface area contributed by atoms with Gasteiger partial charge < -0.3 is 15.0 Å². The Bertz CT molecular complexity index is 804. The summed E-state index contributed by atoms with van der Waals surface area (Å²) in [5.41, 5.74) is 3.42. The first-order valence-corrected chi connectivity index (χ1v) is 10.5. The maximum absolute atomic E-state index is 12.7. The Kier molecular flexibility index (Phi) is 5.67. The molecule has 0 aromatic heterocycles. The number of fused-ring (bicyclic) bond motifs is 2. The first-order chi connectivity index (χ1) is 13.6. The number of hydrogen-bond donors (Lipinski definition) is 2. The van der Waals surface area contributed by atoms with Crippen molar-refractivity contribution in [3.63, 3.8) is 0 Å². The molecular weight excluding hydrogens is 348 g/mol. The van der Waals surface area contributed by atoms with Gasteiger partial charge in [-0.15, -0.1) is 0 Å². The van der Waals surface area contributed by atoms with Crippen molar-refractivity contribution >= 4 is 5.91 Å². The summed E-state index contributed by atoms with van der Waals surface area (Å²) in [4.78, 5) is 14.5. The molecule has 2 unspecified atom stereocenters. The molecule has 4 rings (SSSR count). The van der Waals surface area contributed by atoms with E-state index in [1.165, 1.54) is 30.4 Å². The molecule has 0 saturated carbocycles. The van der Waals surface area contributed by atoms with E-state index in [1.807, 2.05) is 24.3 Å². The SMILES string of the molecule is COc1cccc(C(=O)NC2C[C@H]3CCC[C@@H](C2)[NH+]3Cc2ccc(C)cc2)c1. The molecule has 1 amide bonds. The van der Waals surface area contributed by atoms with Gasteiger partial charge >= 0.3 is 0 Å². The van der Waals surface area contributed by atoms with E-state index in [1.54, 1.807) is 12.0 Å². The number of benzene rings is 2. The smallest absolute Gasteiger partial charge is 0.251 e. The summed E-state index contributed by atoms with van der Waals surface area (Å²) in [5, 5.41) is 3.30. The average Bonchev–Trinajstić information content (AvgIpc) is 2.70. The summed E-state index contributed by atoms with van der Waals surface area (Å²) in [5.74, 6) is 0.742. The highest BCUT2D eigenvalue weighted by molar-refractivity contribution is 5.94. The molecule has 2 aromatic rings. The molecule has 148 valence electrons. The number of carbonyl (C=O) groups is 1. The number of methoxy groups -OCH3 is 1.